The second-order valence-corrected chi connectivity index (χ2v) is 12.1. The number of fused-ring (bicyclic) bond motifs is 6. The lowest BCUT2D eigenvalue weighted by Crippen LogP contribution is -3.00. The van der Waals surface area contributed by atoms with E-state index in [1.165, 1.54) is 37.3 Å². The third-order valence-electron chi connectivity index (χ3n) is 9.64. The molecule has 210 valence electrons. The van der Waals surface area contributed by atoms with E-state index in [1.54, 1.807) is 0 Å². The standard InChI is InChI=1S/C30H42N2O4.2BrH/c33-29-21-31(13-9-25(29)10-14-31)19-23-1-5-27(6-2-23)35-17-18-36-28-7-3-24(4-8-28)20-32-15-11-26(12-16-32)30(34)22-32;;/h1-8,25-26,29-30,33-34H,9-22H2;2*1H/q+2;;/p-2. The largest absolute Gasteiger partial charge is 1.00 e. The van der Waals surface area contributed by atoms with E-state index in [9.17, 15) is 10.2 Å². The van der Waals surface area contributed by atoms with Crippen LogP contribution in [0.2, 0.25) is 0 Å². The molecule has 4 bridgehead atoms. The molecular formula is C30H42Br2N2O4. The monoisotopic (exact) mass is 652 g/mol. The SMILES string of the molecule is OC1C[N+]2(Cc3ccc(OCCOc4ccc(C[N+]56CCC(CC5)C(O)C6)cc4)cc3)CCC1CC2.[Br-].[Br-]. The Kier molecular flexibility index (Phi) is 9.86. The molecule has 0 amide bonds. The van der Waals surface area contributed by atoms with Gasteiger partial charge in [-0.3, -0.25) is 0 Å². The van der Waals surface area contributed by atoms with E-state index in [0.717, 1.165) is 72.3 Å². The minimum atomic E-state index is -0.119. The van der Waals surface area contributed by atoms with Crippen LogP contribution in [0.3, 0.4) is 0 Å². The van der Waals surface area contributed by atoms with E-state index in [1.807, 2.05) is 0 Å². The van der Waals surface area contributed by atoms with E-state index < -0.39 is 0 Å². The highest BCUT2D eigenvalue weighted by molar-refractivity contribution is 5.28. The highest BCUT2D eigenvalue weighted by Gasteiger charge is 2.46. The lowest BCUT2D eigenvalue weighted by molar-refractivity contribution is -0.958. The highest BCUT2D eigenvalue weighted by Crippen LogP contribution is 2.36. The summed E-state index contributed by atoms with van der Waals surface area (Å²) in [4.78, 5) is 0. The number of piperidine rings is 6. The maximum Gasteiger partial charge on any atom is 0.122 e. The van der Waals surface area contributed by atoms with Gasteiger partial charge in [0, 0.05) is 48.6 Å². The molecule has 0 aromatic heterocycles. The first-order valence-corrected chi connectivity index (χ1v) is 14.0. The second kappa shape index (κ2) is 12.6. The van der Waals surface area contributed by atoms with Crippen LogP contribution in [-0.2, 0) is 13.1 Å². The number of aliphatic hydroxyl groups is 2. The number of quaternary nitrogens is 2. The highest BCUT2D eigenvalue weighted by atomic mass is 79.9. The minimum Gasteiger partial charge on any atom is -1.00 e. The smallest absolute Gasteiger partial charge is 0.122 e. The number of rotatable bonds is 9. The number of benzene rings is 2. The summed E-state index contributed by atoms with van der Waals surface area (Å²) in [5.74, 6) is 2.81. The topological polar surface area (TPSA) is 58.9 Å². The van der Waals surface area contributed by atoms with Gasteiger partial charge in [0.15, 0.2) is 0 Å². The van der Waals surface area contributed by atoms with Gasteiger partial charge >= 0.3 is 0 Å². The Morgan fingerprint density at radius 1 is 0.579 bits per heavy atom. The summed E-state index contributed by atoms with van der Waals surface area (Å²) in [5.41, 5.74) is 2.64. The molecule has 0 aliphatic carbocycles. The average molecular weight is 654 g/mol. The Morgan fingerprint density at radius 3 is 1.24 bits per heavy atom. The van der Waals surface area contributed by atoms with Gasteiger partial charge in [-0.2, -0.15) is 0 Å². The second-order valence-electron chi connectivity index (χ2n) is 12.1. The quantitative estimate of drug-likeness (QED) is 0.230. The number of ether oxygens (including phenoxy) is 2. The molecule has 2 aromatic carbocycles. The fourth-order valence-electron chi connectivity index (χ4n) is 7.42. The van der Waals surface area contributed by atoms with Crippen molar-refractivity contribution in [2.45, 2.75) is 51.0 Å². The predicted molar refractivity (Wildman–Crippen MR) is 138 cm³/mol. The molecule has 38 heavy (non-hydrogen) atoms. The molecule has 6 aliphatic rings. The van der Waals surface area contributed by atoms with Crippen LogP contribution in [0.25, 0.3) is 0 Å². The number of halogens is 2. The summed E-state index contributed by atoms with van der Waals surface area (Å²) in [6.07, 6.45) is 4.41. The van der Waals surface area contributed by atoms with Crippen LogP contribution in [0.1, 0.15) is 36.8 Å². The molecule has 6 heterocycles. The zero-order valence-electron chi connectivity index (χ0n) is 22.2. The first-order valence-electron chi connectivity index (χ1n) is 14.0. The Balaban J connectivity index is 0.00000168. The molecule has 8 rings (SSSR count). The molecule has 6 fully saturated rings. The molecule has 2 unspecified atom stereocenters. The third kappa shape index (κ3) is 6.58. The van der Waals surface area contributed by atoms with Gasteiger partial charge in [0.05, 0.1) is 26.2 Å². The first kappa shape index (κ1) is 29.8. The van der Waals surface area contributed by atoms with E-state index in [0.29, 0.717) is 25.0 Å². The summed E-state index contributed by atoms with van der Waals surface area (Å²) < 4.78 is 13.9. The van der Waals surface area contributed by atoms with Crippen LogP contribution in [-0.4, -0.2) is 83.9 Å². The molecule has 8 heteroatoms. The molecule has 0 spiro atoms. The Bertz CT molecular complexity index is 936. The fourth-order valence-corrected chi connectivity index (χ4v) is 7.42. The number of aliphatic hydroxyl groups excluding tert-OH is 2. The van der Waals surface area contributed by atoms with Gasteiger partial charge in [-0.25, -0.2) is 0 Å². The van der Waals surface area contributed by atoms with Crippen molar-refractivity contribution in [3.05, 3.63) is 59.7 Å². The van der Waals surface area contributed by atoms with Crippen LogP contribution >= 0.6 is 0 Å². The number of hydrogen-bond donors (Lipinski definition) is 2. The number of hydrogen-bond acceptors (Lipinski definition) is 4. The molecule has 0 saturated carbocycles. The molecule has 2 aromatic rings. The van der Waals surface area contributed by atoms with Crippen molar-refractivity contribution in [1.29, 1.82) is 0 Å². The third-order valence-corrected chi connectivity index (χ3v) is 9.64. The van der Waals surface area contributed by atoms with Gasteiger partial charge in [-0.1, -0.05) is 0 Å². The van der Waals surface area contributed by atoms with E-state index in [4.69, 9.17) is 9.47 Å². The van der Waals surface area contributed by atoms with Crippen molar-refractivity contribution >= 4 is 0 Å². The molecule has 6 saturated heterocycles. The molecule has 6 nitrogen and oxygen atoms in total. The zero-order valence-corrected chi connectivity index (χ0v) is 25.4. The Hall–Kier alpha value is -1.16. The molecule has 2 atom stereocenters. The summed E-state index contributed by atoms with van der Waals surface area (Å²) in [5, 5.41) is 20.7. The fraction of sp³-hybridized carbons (Fsp3) is 0.600. The van der Waals surface area contributed by atoms with E-state index in [-0.39, 0.29) is 46.2 Å². The van der Waals surface area contributed by atoms with Crippen molar-refractivity contribution in [3.8, 4) is 11.5 Å². The van der Waals surface area contributed by atoms with Crippen LogP contribution in [0.5, 0.6) is 11.5 Å². The van der Waals surface area contributed by atoms with E-state index in [2.05, 4.69) is 48.5 Å². The normalized spacial score (nSPS) is 33.2. The summed E-state index contributed by atoms with van der Waals surface area (Å²) in [6.45, 7) is 9.62. The average Bonchev–Trinajstić information content (AvgIpc) is 2.89. The van der Waals surface area contributed by atoms with Gasteiger partial charge in [0.1, 0.15) is 63.1 Å². The van der Waals surface area contributed by atoms with Gasteiger partial charge in [-0.05, 0) is 48.5 Å². The maximum atomic E-state index is 10.3. The molecule has 0 radical (unpaired) electrons. The maximum absolute atomic E-state index is 10.3. The Morgan fingerprint density at radius 2 is 0.921 bits per heavy atom. The zero-order chi connectivity index (χ0) is 24.6. The van der Waals surface area contributed by atoms with Crippen molar-refractivity contribution in [3.63, 3.8) is 0 Å². The van der Waals surface area contributed by atoms with Crippen molar-refractivity contribution in [2.24, 2.45) is 11.8 Å². The lowest BCUT2D eigenvalue weighted by atomic mass is 9.83. The van der Waals surface area contributed by atoms with Crippen LogP contribution in [0.4, 0.5) is 0 Å². The van der Waals surface area contributed by atoms with Gasteiger partial charge in [-0.15, -0.1) is 0 Å². The minimum absolute atomic E-state index is 0. The van der Waals surface area contributed by atoms with Crippen molar-refractivity contribution in [2.75, 3.05) is 52.5 Å². The van der Waals surface area contributed by atoms with Crippen LogP contribution < -0.4 is 43.4 Å². The molecule has 6 aliphatic heterocycles. The van der Waals surface area contributed by atoms with Gasteiger partial charge < -0.3 is 62.6 Å². The summed E-state index contributed by atoms with van der Waals surface area (Å²) in [6, 6.07) is 16.9. The Labute approximate surface area is 248 Å². The summed E-state index contributed by atoms with van der Waals surface area (Å²) >= 11 is 0. The van der Waals surface area contributed by atoms with E-state index >= 15 is 0 Å². The van der Waals surface area contributed by atoms with Gasteiger partial charge in [0.2, 0.25) is 0 Å². The first-order chi connectivity index (χ1) is 17.5. The lowest BCUT2D eigenvalue weighted by Gasteiger charge is -2.51. The van der Waals surface area contributed by atoms with Gasteiger partial charge in [0.25, 0.3) is 0 Å². The predicted octanol–water partition coefficient (Wildman–Crippen LogP) is -2.64. The summed E-state index contributed by atoms with van der Waals surface area (Å²) in [7, 11) is 0. The van der Waals surface area contributed by atoms with Crippen LogP contribution in [0.15, 0.2) is 48.5 Å². The van der Waals surface area contributed by atoms with Crippen molar-refractivity contribution < 1.29 is 62.6 Å². The van der Waals surface area contributed by atoms with Crippen molar-refractivity contribution in [1.82, 2.24) is 0 Å². The molecule has 2 N–H and O–H groups in total. The molecular weight excluding hydrogens is 612 g/mol. The van der Waals surface area contributed by atoms with Crippen LogP contribution in [0, 0.1) is 11.8 Å². The number of nitrogens with zero attached hydrogens (tertiary/aromatic N) is 2.